The highest BCUT2D eigenvalue weighted by Crippen LogP contribution is 2.29. The van der Waals surface area contributed by atoms with E-state index in [4.69, 9.17) is 17.3 Å². The minimum Gasteiger partial charge on any atom is -0.384 e. The highest BCUT2D eigenvalue weighted by molar-refractivity contribution is 7.99. The van der Waals surface area contributed by atoms with Gasteiger partial charge in [-0.3, -0.25) is 10.2 Å². The summed E-state index contributed by atoms with van der Waals surface area (Å²) in [7, 11) is 0. The zero-order chi connectivity index (χ0) is 19.2. The van der Waals surface area contributed by atoms with Gasteiger partial charge in [0.25, 0.3) is 0 Å². The first-order valence-corrected chi connectivity index (χ1v) is 8.32. The number of nitrogens with zero attached hydrogens (tertiary/aromatic N) is 2. The Kier molecular flexibility index (Phi) is 6.70. The summed E-state index contributed by atoms with van der Waals surface area (Å²) >= 11 is 6.82. The number of pyridine rings is 1. The van der Waals surface area contributed by atoms with E-state index < -0.39 is 17.8 Å². The zero-order valence-corrected chi connectivity index (χ0v) is 14.5. The molecule has 0 saturated carbocycles. The number of benzene rings is 1. The largest absolute Gasteiger partial charge is 0.437 e. The summed E-state index contributed by atoms with van der Waals surface area (Å²) in [6.45, 7) is 0. The number of hydrogen-bond acceptors (Lipinski definition) is 5. The van der Waals surface area contributed by atoms with E-state index in [1.165, 1.54) is 12.1 Å². The number of amides is 1. The lowest BCUT2D eigenvalue weighted by molar-refractivity contribution is -0.137. The zero-order valence-electron chi connectivity index (χ0n) is 13.0. The van der Waals surface area contributed by atoms with Crippen molar-refractivity contribution in [1.29, 1.82) is 0 Å². The van der Waals surface area contributed by atoms with Crippen molar-refractivity contribution < 1.29 is 22.8 Å². The van der Waals surface area contributed by atoms with Crippen LogP contribution >= 0.6 is 23.4 Å². The van der Waals surface area contributed by atoms with Crippen LogP contribution in [0.1, 0.15) is 5.56 Å². The van der Waals surface area contributed by atoms with Crippen LogP contribution in [-0.2, 0) is 11.0 Å². The quantitative estimate of drug-likeness (QED) is 0.254. The van der Waals surface area contributed by atoms with Gasteiger partial charge in [-0.15, -0.1) is 0 Å². The van der Waals surface area contributed by atoms with E-state index in [1.54, 1.807) is 18.2 Å². The molecule has 0 aliphatic rings. The second kappa shape index (κ2) is 8.77. The first-order valence-electron chi connectivity index (χ1n) is 6.96. The lowest BCUT2D eigenvalue weighted by Gasteiger charge is -2.06. The molecule has 2 aromatic rings. The number of halogens is 4. The molecule has 0 saturated heterocycles. The van der Waals surface area contributed by atoms with Crippen molar-refractivity contribution >= 4 is 41.0 Å². The van der Waals surface area contributed by atoms with Crippen LogP contribution in [0, 0.1) is 0 Å². The van der Waals surface area contributed by atoms with Crippen LogP contribution < -0.4 is 11.1 Å². The smallest absolute Gasteiger partial charge is 0.384 e. The molecule has 1 aromatic heterocycles. The number of carbonyl (C=O) groups excluding carboxylic acids is 1. The SMILES string of the molecule is NC(CSc1ccc(C(F)(F)F)cn1)=NOC(=O)Nc1cccc(Cl)c1. The summed E-state index contributed by atoms with van der Waals surface area (Å²) in [6, 6.07) is 8.53. The molecular weight excluding hydrogens is 393 g/mol. The number of hydrogen-bond donors (Lipinski definition) is 2. The Balaban J connectivity index is 1.81. The molecule has 1 amide bonds. The number of oxime groups is 1. The molecule has 11 heteroatoms. The fourth-order valence-corrected chi connectivity index (χ4v) is 2.44. The average Bonchev–Trinajstić information content (AvgIpc) is 2.58. The molecule has 0 spiro atoms. The van der Waals surface area contributed by atoms with Gasteiger partial charge < -0.3 is 5.73 Å². The number of nitrogens with two attached hydrogens (primary N) is 1. The maximum absolute atomic E-state index is 12.4. The van der Waals surface area contributed by atoms with Gasteiger partial charge in [0.1, 0.15) is 0 Å². The summed E-state index contributed by atoms with van der Waals surface area (Å²) in [4.78, 5) is 19.8. The Hall–Kier alpha value is -2.46. The lowest BCUT2D eigenvalue weighted by atomic mass is 10.3. The molecule has 0 aliphatic heterocycles. The predicted octanol–water partition coefficient (Wildman–Crippen LogP) is 4.37. The van der Waals surface area contributed by atoms with E-state index in [0.717, 1.165) is 24.0 Å². The Morgan fingerprint density at radius 3 is 2.73 bits per heavy atom. The summed E-state index contributed by atoms with van der Waals surface area (Å²) in [5.74, 6) is 0.0287. The lowest BCUT2D eigenvalue weighted by Crippen LogP contribution is -2.18. The van der Waals surface area contributed by atoms with Crippen LogP contribution in [0.3, 0.4) is 0 Å². The van der Waals surface area contributed by atoms with Crippen molar-refractivity contribution in [1.82, 2.24) is 4.98 Å². The number of thioether (sulfide) groups is 1. The van der Waals surface area contributed by atoms with Gasteiger partial charge in [-0.05, 0) is 30.3 Å². The van der Waals surface area contributed by atoms with Gasteiger partial charge in [-0.1, -0.05) is 34.6 Å². The average molecular weight is 405 g/mol. The van der Waals surface area contributed by atoms with Crippen molar-refractivity contribution in [3.05, 3.63) is 53.2 Å². The molecule has 2 rings (SSSR count). The number of nitrogens with one attached hydrogen (secondary N) is 1. The molecule has 26 heavy (non-hydrogen) atoms. The topological polar surface area (TPSA) is 89.6 Å². The van der Waals surface area contributed by atoms with Crippen molar-refractivity contribution in [2.24, 2.45) is 10.9 Å². The monoisotopic (exact) mass is 404 g/mol. The van der Waals surface area contributed by atoms with Gasteiger partial charge >= 0.3 is 12.3 Å². The van der Waals surface area contributed by atoms with Crippen molar-refractivity contribution in [2.75, 3.05) is 11.1 Å². The van der Waals surface area contributed by atoms with Gasteiger partial charge in [-0.2, -0.15) is 13.2 Å². The fraction of sp³-hybridized carbons (Fsp3) is 0.133. The number of rotatable bonds is 5. The standard InChI is InChI=1S/C15H12ClF3N4O2S/c16-10-2-1-3-11(6-10)22-14(24)25-23-12(20)8-26-13-5-4-9(7-21-13)15(17,18)19/h1-7H,8H2,(H2,20,23)(H,22,24). The van der Waals surface area contributed by atoms with Crippen LogP contribution in [0.25, 0.3) is 0 Å². The second-order valence-electron chi connectivity index (χ2n) is 4.77. The van der Waals surface area contributed by atoms with E-state index in [9.17, 15) is 18.0 Å². The first kappa shape index (κ1) is 19.9. The number of amidine groups is 1. The molecule has 0 bridgehead atoms. The minimum atomic E-state index is -4.44. The van der Waals surface area contributed by atoms with Crippen molar-refractivity contribution in [3.8, 4) is 0 Å². The van der Waals surface area contributed by atoms with Crippen molar-refractivity contribution in [2.45, 2.75) is 11.2 Å². The Morgan fingerprint density at radius 2 is 2.12 bits per heavy atom. The molecule has 6 nitrogen and oxygen atoms in total. The molecule has 138 valence electrons. The highest BCUT2D eigenvalue weighted by Gasteiger charge is 2.30. The van der Waals surface area contributed by atoms with Gasteiger partial charge in [-0.25, -0.2) is 9.78 Å². The third-order valence-corrected chi connectivity index (χ3v) is 3.96. The normalized spacial score (nSPS) is 11.9. The molecule has 0 fully saturated rings. The van der Waals surface area contributed by atoms with Crippen LogP contribution in [0.4, 0.5) is 23.7 Å². The Bertz CT molecular complexity index is 800. The third kappa shape index (κ3) is 6.45. The molecule has 0 unspecified atom stereocenters. The molecule has 1 aromatic carbocycles. The van der Waals surface area contributed by atoms with E-state index in [0.29, 0.717) is 15.7 Å². The third-order valence-electron chi connectivity index (χ3n) is 2.75. The molecule has 1 heterocycles. The minimum absolute atomic E-state index is 0.0436. The molecule has 3 N–H and O–H groups in total. The number of anilines is 1. The van der Waals surface area contributed by atoms with Gasteiger partial charge in [0.15, 0.2) is 5.84 Å². The number of carbonyl (C=O) groups is 1. The highest BCUT2D eigenvalue weighted by atomic mass is 35.5. The molecule has 0 radical (unpaired) electrons. The van der Waals surface area contributed by atoms with E-state index in [-0.39, 0.29) is 11.6 Å². The van der Waals surface area contributed by atoms with Gasteiger partial charge in [0.05, 0.1) is 16.3 Å². The molecule has 0 aliphatic carbocycles. The summed E-state index contributed by atoms with van der Waals surface area (Å²) in [6.07, 6.45) is -4.58. The van der Waals surface area contributed by atoms with Gasteiger partial charge in [0, 0.05) is 16.9 Å². The fourth-order valence-electron chi connectivity index (χ4n) is 1.61. The van der Waals surface area contributed by atoms with E-state index in [2.05, 4.69) is 20.3 Å². The summed E-state index contributed by atoms with van der Waals surface area (Å²) < 4.78 is 37.3. The molecular formula is C15H12ClF3N4O2S. The van der Waals surface area contributed by atoms with Crippen LogP contribution in [0.2, 0.25) is 5.02 Å². The summed E-state index contributed by atoms with van der Waals surface area (Å²) in [5.41, 5.74) is 5.16. The number of aromatic nitrogens is 1. The second-order valence-corrected chi connectivity index (χ2v) is 6.20. The van der Waals surface area contributed by atoms with E-state index in [1.807, 2.05) is 0 Å². The predicted molar refractivity (Wildman–Crippen MR) is 93.1 cm³/mol. The van der Waals surface area contributed by atoms with Crippen LogP contribution in [0.15, 0.2) is 52.8 Å². The maximum atomic E-state index is 12.4. The van der Waals surface area contributed by atoms with Crippen LogP contribution in [-0.4, -0.2) is 22.7 Å². The van der Waals surface area contributed by atoms with E-state index >= 15 is 0 Å². The van der Waals surface area contributed by atoms with Gasteiger partial charge in [0.2, 0.25) is 0 Å². The Labute approximate surface area is 155 Å². The van der Waals surface area contributed by atoms with Crippen molar-refractivity contribution in [3.63, 3.8) is 0 Å². The first-order chi connectivity index (χ1) is 12.2. The maximum Gasteiger partial charge on any atom is 0.437 e. The summed E-state index contributed by atoms with van der Waals surface area (Å²) in [5, 5.41) is 6.59. The Morgan fingerprint density at radius 1 is 1.35 bits per heavy atom. The number of alkyl halides is 3. The van der Waals surface area contributed by atoms with Crippen LogP contribution in [0.5, 0.6) is 0 Å². The molecule has 0 atom stereocenters.